The molecule has 2 aromatic heterocycles. The van der Waals surface area contributed by atoms with E-state index in [1.54, 1.807) is 6.07 Å². The van der Waals surface area contributed by atoms with Crippen LogP contribution < -0.4 is 0 Å². The van der Waals surface area contributed by atoms with E-state index in [0.717, 1.165) is 12.1 Å². The van der Waals surface area contributed by atoms with Gasteiger partial charge in [-0.25, -0.2) is 15.0 Å². The highest BCUT2D eigenvalue weighted by atomic mass is 79.9. The van der Waals surface area contributed by atoms with E-state index in [9.17, 15) is 0 Å². The van der Waals surface area contributed by atoms with Crippen molar-refractivity contribution in [1.82, 2.24) is 15.0 Å². The van der Waals surface area contributed by atoms with Crippen molar-refractivity contribution in [2.45, 2.75) is 13.3 Å². The van der Waals surface area contributed by atoms with Gasteiger partial charge >= 0.3 is 0 Å². The lowest BCUT2D eigenvalue weighted by molar-refractivity contribution is 0.984. The molecule has 3 nitrogen and oxygen atoms in total. The zero-order valence-electron chi connectivity index (χ0n) is 9.22. The predicted octanol–water partition coefficient (Wildman–Crippen LogP) is 4.82. The minimum absolute atomic E-state index is 0.338. The molecule has 0 aliphatic rings. The molecule has 0 aliphatic carbocycles. The quantitative estimate of drug-likeness (QED) is 0.714. The summed E-state index contributed by atoms with van der Waals surface area (Å²) in [7, 11) is 0. The molecule has 2 heterocycles. The van der Waals surface area contributed by atoms with Crippen molar-refractivity contribution in [3.8, 4) is 11.5 Å². The van der Waals surface area contributed by atoms with E-state index in [1.807, 2.05) is 6.92 Å². The lowest BCUT2D eigenvalue weighted by atomic mass is 10.3. The van der Waals surface area contributed by atoms with Crippen LogP contribution >= 0.6 is 50.7 Å². The molecule has 0 N–H and O–H groups in total. The molecule has 0 spiro atoms. The Morgan fingerprint density at radius 3 is 2.56 bits per heavy atom. The Morgan fingerprint density at radius 2 is 1.94 bits per heavy atom. The molecule has 0 fully saturated rings. The molecule has 0 radical (unpaired) electrons. The topological polar surface area (TPSA) is 38.7 Å². The maximum atomic E-state index is 6.07. The summed E-state index contributed by atoms with van der Waals surface area (Å²) in [6.45, 7) is 1.98. The number of rotatable bonds is 2. The average Bonchev–Trinajstić information content (AvgIpc) is 2.32. The van der Waals surface area contributed by atoms with Gasteiger partial charge in [0, 0.05) is 6.20 Å². The second kappa shape index (κ2) is 5.70. The van der Waals surface area contributed by atoms with E-state index < -0.39 is 0 Å². The molecular formula is C11H7BrCl3N3. The van der Waals surface area contributed by atoms with Crippen molar-refractivity contribution >= 4 is 50.7 Å². The number of aryl methyl sites for hydroxylation is 1. The van der Waals surface area contributed by atoms with Crippen LogP contribution in [-0.2, 0) is 6.42 Å². The summed E-state index contributed by atoms with van der Waals surface area (Å²) in [5.74, 6) is 0.390. The van der Waals surface area contributed by atoms with Crippen LogP contribution in [0.5, 0.6) is 0 Å². The summed E-state index contributed by atoms with van der Waals surface area (Å²) in [4.78, 5) is 12.7. The van der Waals surface area contributed by atoms with Crippen LogP contribution in [0.2, 0.25) is 15.2 Å². The van der Waals surface area contributed by atoms with Gasteiger partial charge in [-0.05, 0) is 28.4 Å². The second-order valence-corrected chi connectivity index (χ2v) is 5.43. The van der Waals surface area contributed by atoms with Gasteiger partial charge in [0.05, 0.1) is 20.2 Å². The van der Waals surface area contributed by atoms with E-state index in [0.29, 0.717) is 31.2 Å². The zero-order valence-corrected chi connectivity index (χ0v) is 13.1. The molecule has 0 aliphatic heterocycles. The lowest BCUT2D eigenvalue weighted by Gasteiger charge is -2.07. The van der Waals surface area contributed by atoms with Crippen molar-refractivity contribution in [3.63, 3.8) is 0 Å². The molecule has 2 aromatic rings. The van der Waals surface area contributed by atoms with Crippen LogP contribution in [-0.4, -0.2) is 15.0 Å². The summed E-state index contributed by atoms with van der Waals surface area (Å²) in [6.07, 6.45) is 2.22. The molecule has 0 amide bonds. The van der Waals surface area contributed by atoms with Crippen LogP contribution in [0.25, 0.3) is 11.5 Å². The molecule has 94 valence electrons. The highest BCUT2D eigenvalue weighted by molar-refractivity contribution is 9.10. The van der Waals surface area contributed by atoms with Gasteiger partial charge in [-0.15, -0.1) is 0 Å². The molecule has 0 unspecified atom stereocenters. The van der Waals surface area contributed by atoms with Gasteiger partial charge in [0.2, 0.25) is 0 Å². The third-order valence-corrected chi connectivity index (χ3v) is 4.06. The van der Waals surface area contributed by atoms with Gasteiger partial charge < -0.3 is 0 Å². The molecule has 0 aromatic carbocycles. The van der Waals surface area contributed by atoms with Crippen molar-refractivity contribution in [2.24, 2.45) is 0 Å². The van der Waals surface area contributed by atoms with Gasteiger partial charge in [-0.3, -0.25) is 0 Å². The molecule has 18 heavy (non-hydrogen) atoms. The van der Waals surface area contributed by atoms with E-state index in [2.05, 4.69) is 30.9 Å². The average molecular weight is 367 g/mol. The van der Waals surface area contributed by atoms with Crippen molar-refractivity contribution < 1.29 is 0 Å². The minimum atomic E-state index is 0.338. The van der Waals surface area contributed by atoms with E-state index in [1.165, 1.54) is 6.20 Å². The molecule has 0 bridgehead atoms. The predicted molar refractivity (Wildman–Crippen MR) is 77.4 cm³/mol. The van der Waals surface area contributed by atoms with Gasteiger partial charge in [0.15, 0.2) is 5.82 Å². The molecule has 2 rings (SSSR count). The van der Waals surface area contributed by atoms with Crippen molar-refractivity contribution in [3.05, 3.63) is 37.6 Å². The Balaban J connectivity index is 2.60. The second-order valence-electron chi connectivity index (χ2n) is 3.44. The number of halogens is 4. The number of aromatic nitrogens is 3. The maximum Gasteiger partial charge on any atom is 0.181 e. The van der Waals surface area contributed by atoms with Crippen LogP contribution in [0.1, 0.15) is 12.6 Å². The van der Waals surface area contributed by atoms with Crippen LogP contribution in [0.4, 0.5) is 0 Å². The van der Waals surface area contributed by atoms with E-state index in [-0.39, 0.29) is 0 Å². The fraction of sp³-hybridized carbons (Fsp3) is 0.182. The summed E-state index contributed by atoms with van der Waals surface area (Å²) >= 11 is 21.3. The molecule has 0 saturated carbocycles. The molecular weight excluding hydrogens is 360 g/mol. The summed E-state index contributed by atoms with van der Waals surface area (Å²) < 4.78 is 0.695. The van der Waals surface area contributed by atoms with Gasteiger partial charge in [0.25, 0.3) is 0 Å². The SMILES string of the molecule is CCc1nc(-c2ncc(Cl)cc2Cl)nc(Cl)c1Br. The monoisotopic (exact) mass is 365 g/mol. The summed E-state index contributed by atoms with van der Waals surface area (Å²) in [5.41, 5.74) is 1.27. The first-order chi connectivity index (χ1) is 8.52. The fourth-order valence-corrected chi connectivity index (χ4v) is 2.49. The highest BCUT2D eigenvalue weighted by Crippen LogP contribution is 2.30. The number of hydrogen-bond donors (Lipinski definition) is 0. The number of hydrogen-bond acceptors (Lipinski definition) is 3. The van der Waals surface area contributed by atoms with Gasteiger partial charge in [0.1, 0.15) is 10.8 Å². The van der Waals surface area contributed by atoms with Crippen molar-refractivity contribution in [1.29, 1.82) is 0 Å². The zero-order chi connectivity index (χ0) is 13.3. The Kier molecular flexibility index (Phi) is 4.43. The van der Waals surface area contributed by atoms with Crippen molar-refractivity contribution in [2.75, 3.05) is 0 Å². The molecule has 0 atom stereocenters. The standard InChI is InChI=1S/C11H7BrCl3N3/c1-2-7-8(12)10(15)18-11(17-7)9-6(14)3-5(13)4-16-9/h3-4H,2H2,1H3. The Hall–Kier alpha value is -0.420. The fourth-order valence-electron chi connectivity index (χ4n) is 1.38. The first-order valence-corrected chi connectivity index (χ1v) is 6.99. The Labute approximate surface area is 128 Å². The third-order valence-electron chi connectivity index (χ3n) is 2.23. The molecule has 0 saturated heterocycles. The molecule has 7 heteroatoms. The van der Waals surface area contributed by atoms with Crippen LogP contribution in [0, 0.1) is 0 Å². The Morgan fingerprint density at radius 1 is 1.22 bits per heavy atom. The van der Waals surface area contributed by atoms with Crippen LogP contribution in [0.3, 0.4) is 0 Å². The highest BCUT2D eigenvalue weighted by Gasteiger charge is 2.14. The largest absolute Gasteiger partial charge is 0.250 e. The normalized spacial score (nSPS) is 10.7. The maximum absolute atomic E-state index is 6.07. The smallest absolute Gasteiger partial charge is 0.181 e. The summed E-state index contributed by atoms with van der Waals surface area (Å²) in [6, 6.07) is 1.59. The first-order valence-electron chi connectivity index (χ1n) is 5.06. The minimum Gasteiger partial charge on any atom is -0.250 e. The third kappa shape index (κ3) is 2.77. The first kappa shape index (κ1) is 14.0. The lowest BCUT2D eigenvalue weighted by Crippen LogP contribution is -1.99. The van der Waals surface area contributed by atoms with E-state index >= 15 is 0 Å². The number of nitrogens with zero attached hydrogens (tertiary/aromatic N) is 3. The van der Waals surface area contributed by atoms with Gasteiger partial charge in [-0.1, -0.05) is 41.7 Å². The number of pyridine rings is 1. The summed E-state index contributed by atoms with van der Waals surface area (Å²) in [5, 5.41) is 1.19. The van der Waals surface area contributed by atoms with E-state index in [4.69, 9.17) is 34.8 Å². The van der Waals surface area contributed by atoms with Gasteiger partial charge in [-0.2, -0.15) is 0 Å². The Bertz CT molecular complexity index is 604. The van der Waals surface area contributed by atoms with Crippen LogP contribution in [0.15, 0.2) is 16.7 Å².